The molecule has 1 aromatic heterocycles. The summed E-state index contributed by atoms with van der Waals surface area (Å²) in [6.45, 7) is 4.25. The zero-order valence-corrected chi connectivity index (χ0v) is 27.0. The average molecular weight is 635 g/mol. The van der Waals surface area contributed by atoms with Gasteiger partial charge in [0.15, 0.2) is 0 Å². The van der Waals surface area contributed by atoms with E-state index in [-0.39, 0.29) is 49.4 Å². The highest BCUT2D eigenvalue weighted by molar-refractivity contribution is 8.78. The van der Waals surface area contributed by atoms with E-state index in [2.05, 4.69) is 17.2 Å². The fourth-order valence-electron chi connectivity index (χ4n) is 4.66. The smallest absolute Gasteiger partial charge is 0.306 e. The zero-order chi connectivity index (χ0) is 31.2. The van der Waals surface area contributed by atoms with Gasteiger partial charge in [-0.05, 0) is 74.0 Å². The Kier molecular flexibility index (Phi) is 14.3. The number of fused-ring (bicyclic) bond motifs is 1. The van der Waals surface area contributed by atoms with Gasteiger partial charge in [-0.25, -0.2) is 4.63 Å². The molecule has 1 saturated carbocycles. The van der Waals surface area contributed by atoms with Crippen LogP contribution in [0, 0.1) is 0 Å². The second-order valence-corrected chi connectivity index (χ2v) is 13.1. The van der Waals surface area contributed by atoms with E-state index < -0.39 is 0 Å². The molecule has 13 heteroatoms. The van der Waals surface area contributed by atoms with Crippen LogP contribution in [0.5, 0.6) is 0 Å². The van der Waals surface area contributed by atoms with Crippen LogP contribution in [0.3, 0.4) is 0 Å². The van der Waals surface area contributed by atoms with E-state index in [1.54, 1.807) is 58.8 Å². The van der Waals surface area contributed by atoms with E-state index in [1.807, 2.05) is 6.92 Å². The Morgan fingerprint density at radius 1 is 1.02 bits per heavy atom. The first-order valence-electron chi connectivity index (χ1n) is 14.7. The molecule has 0 spiro atoms. The van der Waals surface area contributed by atoms with Gasteiger partial charge in [0.2, 0.25) is 6.41 Å². The van der Waals surface area contributed by atoms with Crippen LogP contribution < -0.4 is 0 Å². The van der Waals surface area contributed by atoms with Crippen molar-refractivity contribution in [2.24, 2.45) is 0 Å². The van der Waals surface area contributed by atoms with Gasteiger partial charge in [-0.2, -0.15) is 0 Å². The largest absolute Gasteiger partial charge is 0.465 e. The summed E-state index contributed by atoms with van der Waals surface area (Å²) >= 11 is 0. The van der Waals surface area contributed by atoms with Crippen molar-refractivity contribution < 1.29 is 33.3 Å². The molecule has 3 rings (SSSR count). The van der Waals surface area contributed by atoms with Gasteiger partial charge >= 0.3 is 11.9 Å². The highest BCUT2D eigenvalue weighted by Gasteiger charge is 2.29. The van der Waals surface area contributed by atoms with Gasteiger partial charge in [0.25, 0.3) is 5.91 Å². The third kappa shape index (κ3) is 10.9. The van der Waals surface area contributed by atoms with Crippen LogP contribution in [0.15, 0.2) is 33.4 Å². The second-order valence-electron chi connectivity index (χ2n) is 10.6. The number of benzene rings is 1. The number of ether oxygens (including phenoxy) is 2. The molecule has 0 atom stereocenters. The summed E-state index contributed by atoms with van der Waals surface area (Å²) in [5.41, 5.74) is 2.50. The average Bonchev–Trinajstić information content (AvgIpc) is 3.49. The maximum Gasteiger partial charge on any atom is 0.306 e. The van der Waals surface area contributed by atoms with E-state index in [4.69, 9.17) is 14.1 Å². The van der Waals surface area contributed by atoms with Gasteiger partial charge < -0.3 is 19.3 Å². The molecular formula is C30H42N4O7S2. The summed E-state index contributed by atoms with van der Waals surface area (Å²) in [4.78, 5) is 53.1. The Morgan fingerprint density at radius 2 is 1.74 bits per heavy atom. The van der Waals surface area contributed by atoms with Crippen LogP contribution in [-0.4, -0.2) is 83.0 Å². The number of carbonyl (C=O) groups excluding carboxylic acids is 4. The molecular weight excluding hydrogens is 592 g/mol. The van der Waals surface area contributed by atoms with E-state index in [1.165, 1.54) is 4.90 Å². The number of hydrogen-bond donors (Lipinski definition) is 0. The SMILES string of the molecule is CCCCSS/C(CCOC(=O)CCCC(=O)O[C@H]1CC[C@H](N(C)C(=O)c2ccc3nonc3c2)CC1)=C(/C)N(C)C=O. The third-order valence-electron chi connectivity index (χ3n) is 7.50. The predicted octanol–water partition coefficient (Wildman–Crippen LogP) is 5.75. The summed E-state index contributed by atoms with van der Waals surface area (Å²) in [6.07, 6.45) is 6.78. The summed E-state index contributed by atoms with van der Waals surface area (Å²) < 4.78 is 15.8. The summed E-state index contributed by atoms with van der Waals surface area (Å²) in [5, 5.41) is 7.57. The van der Waals surface area contributed by atoms with Crippen LogP contribution >= 0.6 is 21.6 Å². The molecule has 1 fully saturated rings. The minimum atomic E-state index is -0.357. The van der Waals surface area contributed by atoms with Crippen molar-refractivity contribution in [3.63, 3.8) is 0 Å². The lowest BCUT2D eigenvalue weighted by molar-refractivity contribution is -0.151. The van der Waals surface area contributed by atoms with Crippen LogP contribution in [0.2, 0.25) is 0 Å². The predicted molar refractivity (Wildman–Crippen MR) is 167 cm³/mol. The lowest BCUT2D eigenvalue weighted by Gasteiger charge is -2.34. The number of allylic oxidation sites excluding steroid dienone is 1. The van der Waals surface area contributed by atoms with E-state index in [0.717, 1.165) is 48.4 Å². The highest BCUT2D eigenvalue weighted by Crippen LogP contribution is 2.35. The van der Waals surface area contributed by atoms with Gasteiger partial charge in [0.05, 0.1) is 6.61 Å². The third-order valence-corrected chi connectivity index (χ3v) is 10.2. The molecule has 11 nitrogen and oxygen atoms in total. The molecule has 2 aromatic rings. The standard InChI is InChI=1S/C30H42N4O7S2/c1-5-6-18-42-43-27(21(2)33(3)20-35)16-17-39-28(36)8-7-9-29(37)40-24-13-11-23(12-14-24)34(4)30(38)22-10-15-25-26(19-22)32-41-31-25/h10,15,19-20,23-24H,5-9,11-14,16-18H2,1-4H3/b27-21-/t23-,24-. The van der Waals surface area contributed by atoms with Gasteiger partial charge in [-0.15, -0.1) is 0 Å². The Bertz CT molecular complexity index is 1260. The molecule has 0 N–H and O–H groups in total. The Hall–Kier alpha value is -3.06. The fraction of sp³-hybridized carbons (Fsp3) is 0.600. The molecule has 0 saturated heterocycles. The Labute approximate surface area is 260 Å². The first kappa shape index (κ1) is 34.4. The van der Waals surface area contributed by atoms with Crippen molar-refractivity contribution in [3.8, 4) is 0 Å². The molecule has 0 bridgehead atoms. The van der Waals surface area contributed by atoms with E-state index >= 15 is 0 Å². The number of esters is 2. The van der Waals surface area contributed by atoms with Crippen LogP contribution in [0.25, 0.3) is 11.0 Å². The molecule has 1 heterocycles. The summed E-state index contributed by atoms with van der Waals surface area (Å²) in [6, 6.07) is 5.15. The van der Waals surface area contributed by atoms with Crippen molar-refractivity contribution in [1.29, 1.82) is 0 Å². The first-order chi connectivity index (χ1) is 20.7. The Balaban J connectivity index is 1.32. The lowest BCUT2D eigenvalue weighted by atomic mass is 9.91. The number of hydrogen-bond acceptors (Lipinski definition) is 11. The van der Waals surface area contributed by atoms with E-state index in [0.29, 0.717) is 42.3 Å². The molecule has 43 heavy (non-hydrogen) atoms. The van der Waals surface area contributed by atoms with Gasteiger partial charge in [-0.3, -0.25) is 19.2 Å². The maximum absolute atomic E-state index is 13.0. The molecule has 0 unspecified atom stereocenters. The van der Waals surface area contributed by atoms with Crippen molar-refractivity contribution in [2.45, 2.75) is 90.2 Å². The normalized spacial score (nSPS) is 17.2. The second kappa shape index (κ2) is 17.9. The quantitative estimate of drug-likeness (QED) is 0.0911. The summed E-state index contributed by atoms with van der Waals surface area (Å²) in [7, 11) is 6.85. The molecule has 1 aliphatic carbocycles. The number of rotatable bonds is 17. The highest BCUT2D eigenvalue weighted by atomic mass is 33.1. The van der Waals surface area contributed by atoms with Crippen LogP contribution in [-0.2, 0) is 23.9 Å². The van der Waals surface area contributed by atoms with Crippen molar-refractivity contribution in [1.82, 2.24) is 20.1 Å². The van der Waals surface area contributed by atoms with Crippen LogP contribution in [0.4, 0.5) is 0 Å². The molecule has 1 aromatic carbocycles. The zero-order valence-electron chi connectivity index (χ0n) is 25.4. The fourth-order valence-corrected chi connectivity index (χ4v) is 7.37. The van der Waals surface area contributed by atoms with Gasteiger partial charge in [0, 0.05) is 61.3 Å². The van der Waals surface area contributed by atoms with E-state index in [9.17, 15) is 19.2 Å². The van der Waals surface area contributed by atoms with Gasteiger partial charge in [0.1, 0.15) is 17.1 Å². The molecule has 0 aliphatic heterocycles. The Morgan fingerprint density at radius 3 is 2.47 bits per heavy atom. The maximum atomic E-state index is 13.0. The van der Waals surface area contributed by atoms with Crippen LogP contribution in [0.1, 0.15) is 88.4 Å². The van der Waals surface area contributed by atoms with Crippen molar-refractivity contribution >= 4 is 56.9 Å². The number of nitrogens with zero attached hydrogens (tertiary/aromatic N) is 4. The lowest BCUT2D eigenvalue weighted by Crippen LogP contribution is -2.41. The molecule has 1 aliphatic rings. The number of unbranched alkanes of at least 4 members (excludes halogenated alkanes) is 1. The monoisotopic (exact) mass is 634 g/mol. The number of aromatic nitrogens is 2. The van der Waals surface area contributed by atoms with Crippen molar-refractivity contribution in [3.05, 3.63) is 34.4 Å². The minimum absolute atomic E-state index is 0.0506. The van der Waals surface area contributed by atoms with Gasteiger partial charge in [-0.1, -0.05) is 34.9 Å². The molecule has 2 amide bonds. The first-order valence-corrected chi connectivity index (χ1v) is 17.1. The number of amides is 2. The molecule has 236 valence electrons. The molecule has 0 radical (unpaired) electrons. The topological polar surface area (TPSA) is 132 Å². The minimum Gasteiger partial charge on any atom is -0.465 e. The summed E-state index contributed by atoms with van der Waals surface area (Å²) in [5.74, 6) is 0.229. The van der Waals surface area contributed by atoms with Crippen molar-refractivity contribution in [2.75, 3.05) is 26.5 Å². The number of carbonyl (C=O) groups is 4.